The number of carbonyl (C=O) groups is 2. The average molecular weight is 478 g/mol. The molecule has 2 amide bonds. The van der Waals surface area contributed by atoms with Crippen molar-refractivity contribution in [1.29, 1.82) is 0 Å². The molecule has 7 nitrogen and oxygen atoms in total. The molecule has 176 valence electrons. The number of benzene rings is 2. The van der Waals surface area contributed by atoms with Crippen LogP contribution in [-0.4, -0.2) is 24.8 Å². The van der Waals surface area contributed by atoms with E-state index in [0.29, 0.717) is 22.2 Å². The first-order valence-corrected chi connectivity index (χ1v) is 12.1. The number of fused-ring (bicyclic) bond motifs is 1. The Labute approximate surface area is 202 Å². The van der Waals surface area contributed by atoms with Gasteiger partial charge in [0, 0.05) is 4.88 Å². The second-order valence-electron chi connectivity index (χ2n) is 8.09. The number of ether oxygens (including phenoxy) is 2. The standard InChI is InChI=1S/C26H27N3O4S/c1-3-32-25(30)23-21-13-12-17(2)14-22(21)34-24(23)28-26(31)29-27-16-18-8-7-11-20(15-18)33-19-9-5-4-6-10-19/h4-11,15-17H,3,12-14H2,1-2H3,(H2,28,29,31)/b27-16+. The number of esters is 1. The van der Waals surface area contributed by atoms with E-state index in [-0.39, 0.29) is 6.61 Å². The zero-order valence-electron chi connectivity index (χ0n) is 19.2. The molecule has 0 bridgehead atoms. The van der Waals surface area contributed by atoms with Crippen molar-refractivity contribution >= 4 is 34.6 Å². The number of anilines is 1. The lowest BCUT2D eigenvalue weighted by Crippen LogP contribution is -2.25. The molecule has 8 heteroatoms. The number of urea groups is 1. The van der Waals surface area contributed by atoms with E-state index in [4.69, 9.17) is 9.47 Å². The maximum Gasteiger partial charge on any atom is 0.341 e. The first-order valence-electron chi connectivity index (χ1n) is 11.3. The predicted octanol–water partition coefficient (Wildman–Crippen LogP) is 6.00. The molecule has 0 fully saturated rings. The van der Waals surface area contributed by atoms with Gasteiger partial charge in [0.15, 0.2) is 0 Å². The van der Waals surface area contributed by atoms with Crippen LogP contribution in [0.15, 0.2) is 59.7 Å². The lowest BCUT2D eigenvalue weighted by Gasteiger charge is -2.18. The summed E-state index contributed by atoms with van der Waals surface area (Å²) in [6.45, 7) is 4.25. The summed E-state index contributed by atoms with van der Waals surface area (Å²) >= 11 is 1.44. The van der Waals surface area contributed by atoms with Gasteiger partial charge in [0.2, 0.25) is 0 Å². The highest BCUT2D eigenvalue weighted by Crippen LogP contribution is 2.40. The van der Waals surface area contributed by atoms with Crippen molar-refractivity contribution in [2.24, 2.45) is 11.0 Å². The molecule has 0 saturated heterocycles. The summed E-state index contributed by atoms with van der Waals surface area (Å²) in [4.78, 5) is 26.2. The monoisotopic (exact) mass is 477 g/mol. The highest BCUT2D eigenvalue weighted by Gasteiger charge is 2.29. The molecule has 0 saturated carbocycles. The molecule has 1 atom stereocenters. The minimum Gasteiger partial charge on any atom is -0.462 e. The number of nitrogens with zero attached hydrogens (tertiary/aromatic N) is 1. The van der Waals surface area contributed by atoms with Crippen molar-refractivity contribution < 1.29 is 19.1 Å². The Hall–Kier alpha value is -3.65. The van der Waals surface area contributed by atoms with Gasteiger partial charge in [0.25, 0.3) is 0 Å². The maximum absolute atomic E-state index is 12.6. The molecule has 0 spiro atoms. The fourth-order valence-corrected chi connectivity index (χ4v) is 5.23. The number of hydrogen-bond donors (Lipinski definition) is 2. The first-order chi connectivity index (χ1) is 16.5. The van der Waals surface area contributed by atoms with E-state index in [1.54, 1.807) is 6.92 Å². The van der Waals surface area contributed by atoms with Crippen LogP contribution in [0.2, 0.25) is 0 Å². The molecule has 1 aromatic heterocycles. The Morgan fingerprint density at radius 3 is 2.74 bits per heavy atom. The van der Waals surface area contributed by atoms with E-state index in [2.05, 4.69) is 22.8 Å². The van der Waals surface area contributed by atoms with Crippen LogP contribution in [0.25, 0.3) is 0 Å². The Bertz CT molecular complexity index is 1190. The molecular weight excluding hydrogens is 450 g/mol. The Morgan fingerprint density at radius 2 is 1.94 bits per heavy atom. The van der Waals surface area contributed by atoms with E-state index >= 15 is 0 Å². The summed E-state index contributed by atoms with van der Waals surface area (Å²) in [7, 11) is 0. The van der Waals surface area contributed by atoms with Gasteiger partial charge in [-0.3, -0.25) is 5.32 Å². The number of amides is 2. The van der Waals surface area contributed by atoms with Crippen LogP contribution >= 0.6 is 11.3 Å². The smallest absolute Gasteiger partial charge is 0.341 e. The van der Waals surface area contributed by atoms with Crippen LogP contribution in [0.3, 0.4) is 0 Å². The SMILES string of the molecule is CCOC(=O)c1c(NC(=O)N/N=C/c2cccc(Oc3ccccc3)c2)sc2c1CCC(C)C2. The van der Waals surface area contributed by atoms with Crippen LogP contribution in [0.4, 0.5) is 9.80 Å². The molecule has 4 rings (SSSR count). The third-order valence-corrected chi connectivity index (χ3v) is 6.60. The second-order valence-corrected chi connectivity index (χ2v) is 9.19. The van der Waals surface area contributed by atoms with Gasteiger partial charge in [-0.1, -0.05) is 37.3 Å². The van der Waals surface area contributed by atoms with Crippen molar-refractivity contribution in [2.45, 2.75) is 33.1 Å². The molecule has 0 aliphatic heterocycles. The van der Waals surface area contributed by atoms with E-state index in [9.17, 15) is 9.59 Å². The topological polar surface area (TPSA) is 89.0 Å². The van der Waals surface area contributed by atoms with Gasteiger partial charge >= 0.3 is 12.0 Å². The van der Waals surface area contributed by atoms with Gasteiger partial charge in [-0.25, -0.2) is 15.0 Å². The summed E-state index contributed by atoms with van der Waals surface area (Å²) in [6.07, 6.45) is 4.25. The zero-order chi connectivity index (χ0) is 23.9. The third kappa shape index (κ3) is 5.82. The van der Waals surface area contributed by atoms with E-state index in [1.165, 1.54) is 17.6 Å². The number of rotatable bonds is 7. The fourth-order valence-electron chi connectivity index (χ4n) is 3.84. The van der Waals surface area contributed by atoms with Crippen LogP contribution < -0.4 is 15.5 Å². The quantitative estimate of drug-likeness (QED) is 0.248. The van der Waals surface area contributed by atoms with Gasteiger partial charge in [-0.05, 0) is 67.5 Å². The molecule has 0 radical (unpaired) electrons. The van der Waals surface area contributed by atoms with Gasteiger partial charge in [0.05, 0.1) is 18.4 Å². The second kappa shape index (κ2) is 11.0. The molecule has 2 N–H and O–H groups in total. The number of hydrogen-bond acceptors (Lipinski definition) is 6. The summed E-state index contributed by atoms with van der Waals surface area (Å²) in [5, 5.41) is 7.32. The van der Waals surface area contributed by atoms with Crippen LogP contribution in [0.5, 0.6) is 11.5 Å². The molecule has 1 aliphatic rings. The van der Waals surface area contributed by atoms with E-state index in [1.807, 2.05) is 54.6 Å². The molecule has 1 heterocycles. The minimum atomic E-state index is -0.523. The summed E-state index contributed by atoms with van der Waals surface area (Å²) < 4.78 is 11.1. The normalized spacial score (nSPS) is 14.9. The molecular formula is C26H27N3O4S. The van der Waals surface area contributed by atoms with Crippen molar-refractivity contribution in [1.82, 2.24) is 5.43 Å². The van der Waals surface area contributed by atoms with Crippen molar-refractivity contribution in [3.63, 3.8) is 0 Å². The van der Waals surface area contributed by atoms with Crippen LogP contribution in [-0.2, 0) is 17.6 Å². The Kier molecular flexibility index (Phi) is 7.59. The van der Waals surface area contributed by atoms with E-state index < -0.39 is 12.0 Å². The highest BCUT2D eigenvalue weighted by molar-refractivity contribution is 7.17. The predicted molar refractivity (Wildman–Crippen MR) is 134 cm³/mol. The molecule has 2 aromatic carbocycles. The van der Waals surface area contributed by atoms with Crippen LogP contribution in [0.1, 0.15) is 46.6 Å². The van der Waals surface area contributed by atoms with Gasteiger partial charge in [-0.15, -0.1) is 11.3 Å². The fraction of sp³-hybridized carbons (Fsp3) is 0.269. The van der Waals surface area contributed by atoms with Crippen molar-refractivity contribution in [2.75, 3.05) is 11.9 Å². The third-order valence-electron chi connectivity index (χ3n) is 5.44. The lowest BCUT2D eigenvalue weighted by molar-refractivity contribution is 0.0526. The van der Waals surface area contributed by atoms with Gasteiger partial charge < -0.3 is 9.47 Å². The summed E-state index contributed by atoms with van der Waals surface area (Å²) in [6, 6.07) is 16.3. The number of para-hydroxylation sites is 1. The highest BCUT2D eigenvalue weighted by atomic mass is 32.1. The van der Waals surface area contributed by atoms with Gasteiger partial charge in [-0.2, -0.15) is 5.10 Å². The zero-order valence-corrected chi connectivity index (χ0v) is 20.0. The largest absolute Gasteiger partial charge is 0.462 e. The van der Waals surface area contributed by atoms with Crippen LogP contribution in [0, 0.1) is 5.92 Å². The summed E-state index contributed by atoms with van der Waals surface area (Å²) in [5.41, 5.74) is 4.70. The number of thiophene rings is 1. The van der Waals surface area contributed by atoms with Gasteiger partial charge in [0.1, 0.15) is 16.5 Å². The molecule has 1 aliphatic carbocycles. The molecule has 1 unspecified atom stereocenters. The minimum absolute atomic E-state index is 0.281. The Balaban J connectivity index is 1.41. The average Bonchev–Trinajstić information content (AvgIpc) is 3.17. The first kappa shape index (κ1) is 23.5. The van der Waals surface area contributed by atoms with Crippen molar-refractivity contribution in [3.8, 4) is 11.5 Å². The van der Waals surface area contributed by atoms with E-state index in [0.717, 1.165) is 41.0 Å². The molecule has 3 aromatic rings. The number of nitrogens with one attached hydrogen (secondary N) is 2. The molecule has 34 heavy (non-hydrogen) atoms. The van der Waals surface area contributed by atoms with Crippen molar-refractivity contribution in [3.05, 3.63) is 76.2 Å². The summed E-state index contributed by atoms with van der Waals surface area (Å²) in [5.74, 6) is 1.55. The number of hydrazone groups is 1. The number of carbonyl (C=O) groups excluding carboxylic acids is 2. The lowest BCUT2D eigenvalue weighted by atomic mass is 9.88. The Morgan fingerprint density at radius 1 is 1.15 bits per heavy atom. The maximum atomic E-state index is 12.6.